The normalized spacial score (nSPS) is 13.9. The molecule has 1 radical (unpaired) electrons. The number of benzene rings is 1. The van der Waals surface area contributed by atoms with E-state index in [-0.39, 0.29) is 20.1 Å². The molecule has 1 aromatic carbocycles. The van der Waals surface area contributed by atoms with E-state index in [9.17, 15) is 13.2 Å². The fraction of sp³-hybridized carbons (Fsp3) is 0.542. The van der Waals surface area contributed by atoms with Gasteiger partial charge in [-0.05, 0) is 40.4 Å². The summed E-state index contributed by atoms with van der Waals surface area (Å²) in [7, 11) is -3.59. The number of aromatic nitrogens is 1. The Hall–Kier alpha value is -1.36. The summed E-state index contributed by atoms with van der Waals surface area (Å²) in [5, 5.41) is 12.8. The molecule has 0 unspecified atom stereocenters. The molecule has 205 valence electrons. The Labute approximate surface area is 226 Å². The fourth-order valence-corrected chi connectivity index (χ4v) is 2.17. The number of aliphatic hydroxyl groups excluding tert-OH is 1. The van der Waals surface area contributed by atoms with Gasteiger partial charge in [0, 0.05) is 38.9 Å². The van der Waals surface area contributed by atoms with Crippen molar-refractivity contribution < 1.29 is 61.9 Å². The SMILES string of the molecule is CO.C[OH2+].O=S(=O)(O)C(F)(F)F.[2H]C([2H])(c1cnc(-c2[c-]cccc2)cc1C([2H])([2H])C(C)(C)C)C(C)(C)C.[Ir]. The molecule has 6 nitrogen and oxygen atoms in total. The van der Waals surface area contributed by atoms with E-state index in [0.717, 1.165) is 12.7 Å². The van der Waals surface area contributed by atoms with Gasteiger partial charge in [0.1, 0.15) is 7.11 Å². The molecule has 0 saturated carbocycles. The second-order valence-electron chi connectivity index (χ2n) is 8.56. The maximum absolute atomic E-state index is 10.7. The van der Waals surface area contributed by atoms with Crippen LogP contribution in [0.15, 0.2) is 36.5 Å². The van der Waals surface area contributed by atoms with Crippen molar-refractivity contribution >= 4 is 10.1 Å². The molecule has 35 heavy (non-hydrogen) atoms. The van der Waals surface area contributed by atoms with Crippen LogP contribution in [0.4, 0.5) is 13.2 Å². The zero-order chi connectivity index (χ0) is 31.0. The van der Waals surface area contributed by atoms with Gasteiger partial charge in [0.15, 0.2) is 0 Å². The van der Waals surface area contributed by atoms with Gasteiger partial charge in [0.05, 0.1) is 0 Å². The van der Waals surface area contributed by atoms with Crippen LogP contribution >= 0.6 is 0 Å². The Morgan fingerprint density at radius 1 is 1.00 bits per heavy atom. The van der Waals surface area contributed by atoms with Crippen molar-refractivity contribution in [2.75, 3.05) is 14.2 Å². The number of rotatable bonds is 3. The van der Waals surface area contributed by atoms with Crippen molar-refractivity contribution in [3.05, 3.63) is 53.7 Å². The number of aliphatic hydroxyl groups is 1. The van der Waals surface area contributed by atoms with E-state index in [4.69, 9.17) is 28.7 Å². The summed E-state index contributed by atoms with van der Waals surface area (Å²) >= 11 is 0. The van der Waals surface area contributed by atoms with E-state index >= 15 is 0 Å². The van der Waals surface area contributed by atoms with Crippen LogP contribution in [-0.2, 0) is 43.0 Å². The Morgan fingerprint density at radius 3 is 1.77 bits per heavy atom. The van der Waals surface area contributed by atoms with E-state index in [1.54, 1.807) is 12.1 Å². The second kappa shape index (κ2) is 16.4. The molecule has 0 fully saturated rings. The molecule has 0 aliphatic carbocycles. The van der Waals surface area contributed by atoms with Crippen LogP contribution in [0.1, 0.15) is 58.2 Å². The molecular weight excluding hydrogens is 664 g/mol. The maximum atomic E-state index is 10.7. The zero-order valence-corrected chi connectivity index (χ0v) is 24.2. The minimum Gasteiger partial charge on any atom is -0.448 e. The minimum atomic E-state index is -5.84. The molecule has 0 aliphatic rings. The quantitative estimate of drug-likeness (QED) is 0.201. The van der Waals surface area contributed by atoms with Crippen LogP contribution in [0.25, 0.3) is 11.3 Å². The monoisotopic (exact) mass is 706 g/mol. The Balaban J connectivity index is -0.000000848. The van der Waals surface area contributed by atoms with Gasteiger partial charge < -0.3 is 15.2 Å². The van der Waals surface area contributed by atoms with Gasteiger partial charge >= 0.3 is 15.6 Å². The predicted molar refractivity (Wildman–Crippen MR) is 130 cm³/mol. The summed E-state index contributed by atoms with van der Waals surface area (Å²) in [5.74, 6) is 0. The van der Waals surface area contributed by atoms with Crippen molar-refractivity contribution in [2.24, 2.45) is 10.8 Å². The summed E-state index contributed by atoms with van der Waals surface area (Å²) < 4.78 is 92.4. The first kappa shape index (κ1) is 29.9. The van der Waals surface area contributed by atoms with E-state index in [1.165, 1.54) is 13.3 Å². The summed E-state index contributed by atoms with van der Waals surface area (Å²) in [4.78, 5) is 4.45. The van der Waals surface area contributed by atoms with E-state index in [1.807, 2.05) is 59.7 Å². The molecular formula is C24H38F3IrNO5S. The maximum Gasteiger partial charge on any atom is 0.522 e. The number of alkyl halides is 3. The summed E-state index contributed by atoms with van der Waals surface area (Å²) in [5.41, 5.74) is -4.90. The van der Waals surface area contributed by atoms with Gasteiger partial charge in [-0.1, -0.05) is 47.6 Å². The summed E-state index contributed by atoms with van der Waals surface area (Å²) in [6.07, 6.45) is -1.96. The van der Waals surface area contributed by atoms with Gasteiger partial charge in [-0.2, -0.15) is 21.6 Å². The van der Waals surface area contributed by atoms with Gasteiger partial charge in [-0.3, -0.25) is 4.55 Å². The van der Waals surface area contributed by atoms with Crippen LogP contribution in [0.2, 0.25) is 0 Å². The van der Waals surface area contributed by atoms with Crippen LogP contribution in [0.5, 0.6) is 0 Å². The summed E-state index contributed by atoms with van der Waals surface area (Å²) in [6.45, 7) is 11.0. The van der Waals surface area contributed by atoms with E-state index in [0.29, 0.717) is 16.8 Å². The first-order chi connectivity index (χ1) is 16.9. The molecule has 2 rings (SSSR count). The fourth-order valence-electron chi connectivity index (χ4n) is 2.17. The number of hydrogen-bond acceptors (Lipinski definition) is 4. The average molecular weight is 706 g/mol. The van der Waals surface area contributed by atoms with Crippen molar-refractivity contribution in [2.45, 2.75) is 59.8 Å². The van der Waals surface area contributed by atoms with Crippen molar-refractivity contribution in [1.82, 2.24) is 4.98 Å². The predicted octanol–water partition coefficient (Wildman–Crippen LogP) is 5.07. The van der Waals surface area contributed by atoms with E-state index in [2.05, 4.69) is 11.1 Å². The van der Waals surface area contributed by atoms with Crippen molar-refractivity contribution in [3.63, 3.8) is 0 Å². The Kier molecular flexibility index (Phi) is 14.0. The summed E-state index contributed by atoms with van der Waals surface area (Å²) in [6, 6.07) is 12.2. The molecule has 0 aliphatic heterocycles. The third-order valence-electron chi connectivity index (χ3n) is 3.20. The minimum absolute atomic E-state index is 0. The van der Waals surface area contributed by atoms with Gasteiger partial charge in [0.2, 0.25) is 0 Å². The molecule has 11 heteroatoms. The molecule has 0 saturated heterocycles. The largest absolute Gasteiger partial charge is 0.522 e. The molecule has 1 heterocycles. The van der Waals surface area contributed by atoms with Crippen LogP contribution in [0.3, 0.4) is 0 Å². The molecule has 4 N–H and O–H groups in total. The Bertz CT molecular complexity index is 1110. The van der Waals surface area contributed by atoms with E-state index < -0.39 is 39.2 Å². The number of halogens is 3. The third-order valence-corrected chi connectivity index (χ3v) is 3.79. The first-order valence-corrected chi connectivity index (χ1v) is 11.3. The molecule has 1 aromatic heterocycles. The first-order valence-electron chi connectivity index (χ1n) is 11.9. The zero-order valence-electron chi connectivity index (χ0n) is 25.0. The Morgan fingerprint density at radius 2 is 1.43 bits per heavy atom. The molecule has 0 atom stereocenters. The molecule has 0 spiro atoms. The number of pyridine rings is 1. The third kappa shape index (κ3) is 16.9. The van der Waals surface area contributed by atoms with Crippen LogP contribution < -0.4 is 0 Å². The van der Waals surface area contributed by atoms with Crippen LogP contribution in [-0.4, -0.2) is 47.9 Å². The number of hydrogen-bond donors (Lipinski definition) is 2. The van der Waals surface area contributed by atoms with Gasteiger partial charge in [-0.15, -0.1) is 35.9 Å². The topological polar surface area (TPSA) is 110 Å². The van der Waals surface area contributed by atoms with Crippen molar-refractivity contribution in [1.29, 1.82) is 0 Å². The molecule has 0 bridgehead atoms. The van der Waals surface area contributed by atoms with Gasteiger partial charge in [0.25, 0.3) is 0 Å². The standard InChI is InChI=1S/C21H28N.CHF3O3S.2CH4O.Ir/c1-20(2,3)13-17-12-19(16-10-8-7-9-11-16)22-15-18(17)14-21(4,5)6;2-1(3,4)8(5,6)7;2*1-2;/h7-10,12,15H,13-14H2,1-6H3;(H,5,6,7);2*2H,1H3;/q-1;;;;/p+1/i13D2,14D2;;;;. The van der Waals surface area contributed by atoms with Gasteiger partial charge in [-0.25, -0.2) is 0 Å². The van der Waals surface area contributed by atoms with Crippen LogP contribution in [0, 0.1) is 16.9 Å². The van der Waals surface area contributed by atoms with Crippen molar-refractivity contribution in [3.8, 4) is 11.3 Å². The average Bonchev–Trinajstić information content (AvgIpc) is 2.79. The molecule has 2 aromatic rings. The number of nitrogens with zero attached hydrogens (tertiary/aromatic N) is 1. The smallest absolute Gasteiger partial charge is 0.448 e. The second-order valence-corrected chi connectivity index (χ2v) is 9.98. The molecule has 0 amide bonds.